The largest absolute Gasteiger partial charge is 0.342 e. The van der Waals surface area contributed by atoms with Crippen molar-refractivity contribution in [2.45, 2.75) is 39.8 Å². The van der Waals surface area contributed by atoms with E-state index in [-0.39, 0.29) is 0 Å². The van der Waals surface area contributed by atoms with E-state index >= 15 is 0 Å². The van der Waals surface area contributed by atoms with Crippen LogP contribution < -0.4 is 10.6 Å². The fourth-order valence-corrected chi connectivity index (χ4v) is 2.41. The maximum Gasteiger partial charge on any atom is 0.130 e. The molecule has 0 bridgehead atoms. The van der Waals surface area contributed by atoms with E-state index in [1.165, 1.54) is 5.56 Å². The Morgan fingerprint density at radius 2 is 1.78 bits per heavy atom. The standard InChI is InChI=1S/C20H25FN2/c1-6-16-11-17(20(4,5)21)13-19(12-16)23-15(3)22-18-9-7-8-14(2)10-18/h7-13,22-23H,3,6H2,1-2,4-5H3. The van der Waals surface area contributed by atoms with E-state index in [2.05, 4.69) is 24.1 Å². The Bertz CT molecular complexity index is 699. The van der Waals surface area contributed by atoms with E-state index in [9.17, 15) is 4.39 Å². The maximum atomic E-state index is 14.3. The molecule has 0 atom stereocenters. The third-order valence-corrected chi connectivity index (χ3v) is 3.70. The zero-order valence-corrected chi connectivity index (χ0v) is 14.3. The van der Waals surface area contributed by atoms with Crippen LogP contribution in [-0.4, -0.2) is 0 Å². The van der Waals surface area contributed by atoms with Crippen molar-refractivity contribution in [3.8, 4) is 0 Å². The SMILES string of the molecule is C=C(Nc1cccc(C)c1)Nc1cc(CC)cc(C(C)(C)F)c1. The summed E-state index contributed by atoms with van der Waals surface area (Å²) in [6, 6.07) is 13.8. The Kier molecular flexibility index (Phi) is 5.09. The van der Waals surface area contributed by atoms with Gasteiger partial charge in [-0.3, -0.25) is 0 Å². The molecule has 0 aliphatic heterocycles. The highest BCUT2D eigenvalue weighted by Gasteiger charge is 2.19. The normalized spacial score (nSPS) is 11.2. The molecule has 0 aromatic heterocycles. The Labute approximate surface area is 138 Å². The van der Waals surface area contributed by atoms with E-state index in [4.69, 9.17) is 0 Å². The van der Waals surface area contributed by atoms with Gasteiger partial charge in [0.05, 0.1) is 0 Å². The summed E-state index contributed by atoms with van der Waals surface area (Å²) in [6.45, 7) is 11.3. The molecule has 0 saturated heterocycles. The monoisotopic (exact) mass is 312 g/mol. The van der Waals surface area contributed by atoms with Crippen molar-refractivity contribution in [2.75, 3.05) is 10.6 Å². The molecule has 0 saturated carbocycles. The molecular weight excluding hydrogens is 287 g/mol. The number of hydrogen-bond donors (Lipinski definition) is 2. The number of rotatable bonds is 6. The van der Waals surface area contributed by atoms with E-state index in [1.807, 2.05) is 49.4 Å². The van der Waals surface area contributed by atoms with Gasteiger partial charge in [-0.15, -0.1) is 0 Å². The lowest BCUT2D eigenvalue weighted by Gasteiger charge is -2.19. The number of nitrogens with one attached hydrogen (secondary N) is 2. The van der Waals surface area contributed by atoms with Crippen LogP contribution in [0.3, 0.4) is 0 Å². The first-order chi connectivity index (χ1) is 10.8. The summed E-state index contributed by atoms with van der Waals surface area (Å²) in [5.74, 6) is 0.659. The lowest BCUT2D eigenvalue weighted by atomic mass is 9.96. The average molecular weight is 312 g/mol. The predicted octanol–water partition coefficient (Wildman–Crippen LogP) is 5.76. The summed E-state index contributed by atoms with van der Waals surface area (Å²) in [6.07, 6.45) is 0.858. The highest BCUT2D eigenvalue weighted by Crippen LogP contribution is 2.29. The van der Waals surface area contributed by atoms with Gasteiger partial charge >= 0.3 is 0 Å². The van der Waals surface area contributed by atoms with E-state index in [1.54, 1.807) is 13.8 Å². The molecule has 0 aliphatic carbocycles. The van der Waals surface area contributed by atoms with Crippen LogP contribution in [0.2, 0.25) is 0 Å². The second kappa shape index (κ2) is 6.86. The highest BCUT2D eigenvalue weighted by atomic mass is 19.1. The smallest absolute Gasteiger partial charge is 0.130 e. The van der Waals surface area contributed by atoms with Crippen molar-refractivity contribution in [1.29, 1.82) is 0 Å². The minimum absolute atomic E-state index is 0.659. The zero-order chi connectivity index (χ0) is 17.0. The lowest BCUT2D eigenvalue weighted by molar-refractivity contribution is 0.221. The van der Waals surface area contributed by atoms with Crippen molar-refractivity contribution in [3.63, 3.8) is 0 Å². The van der Waals surface area contributed by atoms with E-state index in [0.29, 0.717) is 11.4 Å². The van der Waals surface area contributed by atoms with Crippen LogP contribution >= 0.6 is 0 Å². The summed E-state index contributed by atoms with van der Waals surface area (Å²) in [5.41, 5.74) is 3.39. The van der Waals surface area contributed by atoms with Crippen LogP contribution in [0.15, 0.2) is 54.9 Å². The Balaban J connectivity index is 2.17. The topological polar surface area (TPSA) is 24.1 Å². The Hall–Kier alpha value is -2.29. The molecule has 122 valence electrons. The highest BCUT2D eigenvalue weighted by molar-refractivity contribution is 5.58. The van der Waals surface area contributed by atoms with Crippen molar-refractivity contribution in [3.05, 3.63) is 71.6 Å². The average Bonchev–Trinajstić information content (AvgIpc) is 2.45. The number of aryl methyl sites for hydroxylation is 2. The molecule has 0 spiro atoms. The Morgan fingerprint density at radius 1 is 1.09 bits per heavy atom. The first-order valence-electron chi connectivity index (χ1n) is 7.91. The lowest BCUT2D eigenvalue weighted by Crippen LogP contribution is -2.12. The minimum Gasteiger partial charge on any atom is -0.342 e. The fraction of sp³-hybridized carbons (Fsp3) is 0.300. The van der Waals surface area contributed by atoms with Crippen LogP contribution in [-0.2, 0) is 12.1 Å². The number of alkyl halides is 1. The van der Waals surface area contributed by atoms with Gasteiger partial charge in [-0.05, 0) is 68.1 Å². The summed E-state index contributed by atoms with van der Waals surface area (Å²) >= 11 is 0. The molecule has 0 aliphatic rings. The molecule has 0 fully saturated rings. The number of hydrogen-bond acceptors (Lipinski definition) is 2. The molecule has 2 nitrogen and oxygen atoms in total. The van der Waals surface area contributed by atoms with E-state index in [0.717, 1.165) is 23.4 Å². The molecule has 23 heavy (non-hydrogen) atoms. The maximum absolute atomic E-state index is 14.3. The molecular formula is C20H25FN2. The van der Waals surface area contributed by atoms with Gasteiger partial charge < -0.3 is 10.6 Å². The molecule has 0 heterocycles. The summed E-state index contributed by atoms with van der Waals surface area (Å²) in [7, 11) is 0. The van der Waals surface area contributed by atoms with Crippen LogP contribution in [0.25, 0.3) is 0 Å². The van der Waals surface area contributed by atoms with Crippen molar-refractivity contribution < 1.29 is 4.39 Å². The molecule has 3 heteroatoms. The predicted molar refractivity (Wildman–Crippen MR) is 97.5 cm³/mol. The zero-order valence-electron chi connectivity index (χ0n) is 14.3. The second-order valence-corrected chi connectivity index (χ2v) is 6.34. The van der Waals surface area contributed by atoms with Crippen LogP contribution in [0.5, 0.6) is 0 Å². The van der Waals surface area contributed by atoms with Crippen LogP contribution in [0, 0.1) is 6.92 Å². The quantitative estimate of drug-likeness (QED) is 0.709. The summed E-state index contributed by atoms with van der Waals surface area (Å²) in [5, 5.41) is 6.45. The van der Waals surface area contributed by atoms with Crippen molar-refractivity contribution in [1.82, 2.24) is 0 Å². The Morgan fingerprint density at radius 3 is 2.39 bits per heavy atom. The number of halogens is 1. The molecule has 0 unspecified atom stereocenters. The molecule has 0 radical (unpaired) electrons. The van der Waals surface area contributed by atoms with Gasteiger partial charge in [0.1, 0.15) is 11.5 Å². The van der Waals surface area contributed by atoms with Crippen LogP contribution in [0.1, 0.15) is 37.5 Å². The number of benzene rings is 2. The second-order valence-electron chi connectivity index (χ2n) is 6.34. The molecule has 2 N–H and O–H groups in total. The van der Waals surface area contributed by atoms with Gasteiger partial charge in [0.25, 0.3) is 0 Å². The van der Waals surface area contributed by atoms with Gasteiger partial charge in [-0.25, -0.2) is 4.39 Å². The van der Waals surface area contributed by atoms with Gasteiger partial charge in [0, 0.05) is 11.4 Å². The molecule has 2 rings (SSSR count). The first kappa shape index (κ1) is 17.1. The number of anilines is 2. The van der Waals surface area contributed by atoms with Gasteiger partial charge in [0.2, 0.25) is 0 Å². The first-order valence-corrected chi connectivity index (χ1v) is 7.91. The van der Waals surface area contributed by atoms with Gasteiger partial charge in [0.15, 0.2) is 0 Å². The van der Waals surface area contributed by atoms with Gasteiger partial charge in [-0.2, -0.15) is 0 Å². The molecule has 0 amide bonds. The molecule has 2 aromatic rings. The van der Waals surface area contributed by atoms with Crippen molar-refractivity contribution >= 4 is 11.4 Å². The van der Waals surface area contributed by atoms with Gasteiger partial charge in [-0.1, -0.05) is 31.7 Å². The minimum atomic E-state index is -1.37. The third-order valence-electron chi connectivity index (χ3n) is 3.70. The summed E-state index contributed by atoms with van der Waals surface area (Å²) in [4.78, 5) is 0. The third kappa shape index (κ3) is 4.85. The molecule has 2 aromatic carbocycles. The fourth-order valence-electron chi connectivity index (χ4n) is 2.41. The van der Waals surface area contributed by atoms with Crippen LogP contribution in [0.4, 0.5) is 15.8 Å². The van der Waals surface area contributed by atoms with Crippen molar-refractivity contribution in [2.24, 2.45) is 0 Å². The summed E-state index contributed by atoms with van der Waals surface area (Å²) < 4.78 is 14.3. The van der Waals surface area contributed by atoms with E-state index < -0.39 is 5.67 Å².